The molecule has 11 heteroatoms. The van der Waals surface area contributed by atoms with E-state index >= 15 is 0 Å². The third-order valence-electron chi connectivity index (χ3n) is 8.59. The molecular weight excluding hydrogens is 541 g/mol. The van der Waals surface area contributed by atoms with Gasteiger partial charge in [-0.25, -0.2) is 13.2 Å². The number of rotatable bonds is 5. The van der Waals surface area contributed by atoms with Crippen LogP contribution in [0.1, 0.15) is 31.2 Å². The SMILES string of the molecule is Cc1c(F)cc2[nH]ncc2c1-c1cc2nc(OCC34CCCN3CC(F)C4)nc(N3CCC=C(F)C3)c2cc1Cl. The van der Waals surface area contributed by atoms with Crippen molar-refractivity contribution >= 4 is 39.2 Å². The molecule has 0 radical (unpaired) electrons. The molecule has 2 atom stereocenters. The lowest BCUT2D eigenvalue weighted by atomic mass is 9.95. The Morgan fingerprint density at radius 2 is 2.05 bits per heavy atom. The Hall–Kier alpha value is -3.37. The molecule has 0 spiro atoms. The van der Waals surface area contributed by atoms with Crippen LogP contribution < -0.4 is 9.64 Å². The number of hydrogen-bond donors (Lipinski definition) is 1. The normalized spacial score (nSPS) is 23.3. The second kappa shape index (κ2) is 9.62. The van der Waals surface area contributed by atoms with Gasteiger partial charge in [-0.3, -0.25) is 10.00 Å². The number of H-pyrrole nitrogens is 1. The lowest BCUT2D eigenvalue weighted by Crippen LogP contribution is -2.43. The third-order valence-corrected chi connectivity index (χ3v) is 8.91. The zero-order valence-electron chi connectivity index (χ0n) is 22.0. The number of nitrogens with one attached hydrogen (secondary N) is 1. The van der Waals surface area contributed by atoms with Gasteiger partial charge in [-0.05, 0) is 62.6 Å². The minimum Gasteiger partial charge on any atom is -0.461 e. The fourth-order valence-corrected chi connectivity index (χ4v) is 6.91. The smallest absolute Gasteiger partial charge is 0.319 e. The minimum atomic E-state index is -0.876. The highest BCUT2D eigenvalue weighted by Gasteiger charge is 2.49. The third kappa shape index (κ3) is 4.19. The Morgan fingerprint density at radius 3 is 2.90 bits per heavy atom. The summed E-state index contributed by atoms with van der Waals surface area (Å²) in [5.74, 6) is -0.105. The van der Waals surface area contributed by atoms with Crippen LogP contribution in [0, 0.1) is 12.7 Å². The maximum Gasteiger partial charge on any atom is 0.319 e. The van der Waals surface area contributed by atoms with Crippen molar-refractivity contribution in [2.45, 2.75) is 44.3 Å². The van der Waals surface area contributed by atoms with Gasteiger partial charge in [0.1, 0.15) is 30.2 Å². The van der Waals surface area contributed by atoms with Crippen LogP contribution in [0.15, 0.2) is 36.3 Å². The number of ether oxygens (including phenoxy) is 1. The van der Waals surface area contributed by atoms with E-state index in [9.17, 15) is 13.2 Å². The molecule has 1 N–H and O–H groups in total. The number of hydrogen-bond acceptors (Lipinski definition) is 6. The number of halogens is 4. The van der Waals surface area contributed by atoms with Gasteiger partial charge in [-0.1, -0.05) is 11.6 Å². The lowest BCUT2D eigenvalue weighted by Gasteiger charge is -2.31. The molecule has 0 bridgehead atoms. The molecule has 0 saturated carbocycles. The van der Waals surface area contributed by atoms with E-state index in [4.69, 9.17) is 26.3 Å². The molecule has 7 nitrogen and oxygen atoms in total. The van der Waals surface area contributed by atoms with Crippen molar-refractivity contribution in [2.75, 3.05) is 37.7 Å². The van der Waals surface area contributed by atoms with Crippen molar-refractivity contribution in [2.24, 2.45) is 0 Å². The summed E-state index contributed by atoms with van der Waals surface area (Å²) in [4.78, 5) is 13.5. The number of anilines is 1. The average molecular weight is 569 g/mol. The van der Waals surface area contributed by atoms with E-state index in [0.717, 1.165) is 24.8 Å². The molecule has 0 amide bonds. The predicted octanol–water partition coefficient (Wildman–Crippen LogP) is 6.29. The summed E-state index contributed by atoms with van der Waals surface area (Å²) in [7, 11) is 0. The second-order valence-corrected chi connectivity index (χ2v) is 11.5. The first kappa shape index (κ1) is 25.6. The molecule has 3 aliphatic rings. The van der Waals surface area contributed by atoms with Crippen molar-refractivity contribution in [3.63, 3.8) is 0 Å². The molecule has 2 aromatic heterocycles. The minimum absolute atomic E-state index is 0.0742. The number of fused-ring (bicyclic) bond motifs is 3. The number of benzene rings is 2. The van der Waals surface area contributed by atoms with Crippen LogP contribution in [-0.4, -0.2) is 69.6 Å². The molecule has 2 fully saturated rings. The molecule has 40 heavy (non-hydrogen) atoms. The van der Waals surface area contributed by atoms with Crippen LogP contribution in [0.5, 0.6) is 6.01 Å². The van der Waals surface area contributed by atoms with Gasteiger partial charge in [0.25, 0.3) is 0 Å². The molecule has 3 aliphatic heterocycles. The van der Waals surface area contributed by atoms with E-state index in [-0.39, 0.29) is 36.3 Å². The molecule has 5 heterocycles. The Bertz CT molecular complexity index is 1680. The van der Waals surface area contributed by atoms with Crippen LogP contribution in [0.2, 0.25) is 5.02 Å². The molecule has 7 rings (SSSR count). The Morgan fingerprint density at radius 1 is 1.18 bits per heavy atom. The van der Waals surface area contributed by atoms with Gasteiger partial charge < -0.3 is 9.64 Å². The van der Waals surface area contributed by atoms with Crippen molar-refractivity contribution in [1.82, 2.24) is 25.1 Å². The van der Waals surface area contributed by atoms with Crippen LogP contribution >= 0.6 is 11.6 Å². The first-order valence-electron chi connectivity index (χ1n) is 13.6. The van der Waals surface area contributed by atoms with Gasteiger partial charge in [-0.15, -0.1) is 0 Å². The van der Waals surface area contributed by atoms with Gasteiger partial charge in [0, 0.05) is 46.4 Å². The highest BCUT2D eigenvalue weighted by atomic mass is 35.5. The maximum atomic E-state index is 14.9. The monoisotopic (exact) mass is 568 g/mol. The number of aromatic amines is 1. The Kier molecular flexibility index (Phi) is 6.16. The fraction of sp³-hybridized carbons (Fsp3) is 0.414. The van der Waals surface area contributed by atoms with Crippen LogP contribution in [0.4, 0.5) is 19.0 Å². The van der Waals surface area contributed by atoms with E-state index in [0.29, 0.717) is 69.9 Å². The summed E-state index contributed by atoms with van der Waals surface area (Å²) >= 11 is 6.84. The lowest BCUT2D eigenvalue weighted by molar-refractivity contribution is 0.107. The van der Waals surface area contributed by atoms with E-state index < -0.39 is 6.17 Å². The second-order valence-electron chi connectivity index (χ2n) is 11.1. The van der Waals surface area contributed by atoms with Gasteiger partial charge in [0.15, 0.2) is 0 Å². The summed E-state index contributed by atoms with van der Waals surface area (Å²) in [6.07, 6.45) is 5.16. The molecule has 2 saturated heterocycles. The van der Waals surface area contributed by atoms with Gasteiger partial charge in [0.2, 0.25) is 0 Å². The zero-order valence-corrected chi connectivity index (χ0v) is 22.7. The highest BCUT2D eigenvalue weighted by Crippen LogP contribution is 2.42. The summed E-state index contributed by atoms with van der Waals surface area (Å²) in [6.45, 7) is 3.88. The first-order valence-corrected chi connectivity index (χ1v) is 13.9. The largest absolute Gasteiger partial charge is 0.461 e. The van der Waals surface area contributed by atoms with Crippen molar-refractivity contribution in [1.29, 1.82) is 0 Å². The van der Waals surface area contributed by atoms with Gasteiger partial charge >= 0.3 is 6.01 Å². The number of aromatic nitrogens is 4. The standard InChI is InChI=1S/C29H28ClF3N6O/c1-16-23(33)10-25-21(12-34-37-25)26(16)19-9-24-20(8-22(19)30)27(38-6-2-4-17(31)13-38)36-28(35-24)40-15-29-5-3-7-39(29)14-18(32)11-29/h4,8-10,12,18H,2-3,5-7,11,13-15H2,1H3,(H,34,37). The van der Waals surface area contributed by atoms with E-state index in [1.807, 2.05) is 4.90 Å². The molecule has 208 valence electrons. The quantitative estimate of drug-likeness (QED) is 0.305. The van der Waals surface area contributed by atoms with Crippen molar-refractivity contribution in [3.8, 4) is 17.1 Å². The van der Waals surface area contributed by atoms with E-state index in [1.54, 1.807) is 31.3 Å². The summed E-state index contributed by atoms with van der Waals surface area (Å²) in [5.41, 5.74) is 2.37. The first-order chi connectivity index (χ1) is 19.3. The molecule has 2 aromatic carbocycles. The zero-order chi connectivity index (χ0) is 27.6. The Balaban J connectivity index is 1.35. The number of nitrogens with zero attached hydrogens (tertiary/aromatic N) is 5. The topological polar surface area (TPSA) is 70.2 Å². The van der Waals surface area contributed by atoms with E-state index in [1.165, 1.54) is 6.07 Å². The maximum absolute atomic E-state index is 14.9. The summed E-state index contributed by atoms with van der Waals surface area (Å²) in [6, 6.07) is 5.10. The van der Waals surface area contributed by atoms with Gasteiger partial charge in [-0.2, -0.15) is 15.1 Å². The average Bonchev–Trinajstić information content (AvgIpc) is 3.62. The van der Waals surface area contributed by atoms with Crippen LogP contribution in [0.25, 0.3) is 32.9 Å². The molecule has 2 unspecified atom stereocenters. The van der Waals surface area contributed by atoms with Crippen LogP contribution in [-0.2, 0) is 0 Å². The number of alkyl halides is 1. The molecular formula is C29H28ClF3N6O. The molecule has 0 aliphatic carbocycles. The predicted molar refractivity (Wildman–Crippen MR) is 149 cm³/mol. The molecule has 4 aromatic rings. The Labute approximate surface area is 234 Å². The van der Waals surface area contributed by atoms with Gasteiger partial charge in [0.05, 0.1) is 29.3 Å². The summed E-state index contributed by atoms with van der Waals surface area (Å²) in [5, 5.41) is 8.68. The van der Waals surface area contributed by atoms with Crippen LogP contribution in [0.3, 0.4) is 0 Å². The fourth-order valence-electron chi connectivity index (χ4n) is 6.65. The van der Waals surface area contributed by atoms with E-state index in [2.05, 4.69) is 15.1 Å². The van der Waals surface area contributed by atoms with Crippen molar-refractivity contribution in [3.05, 3.63) is 52.7 Å². The highest BCUT2D eigenvalue weighted by molar-refractivity contribution is 6.35. The summed E-state index contributed by atoms with van der Waals surface area (Å²) < 4.78 is 49.8. The van der Waals surface area contributed by atoms with Crippen molar-refractivity contribution < 1.29 is 17.9 Å².